The normalized spacial score (nSPS) is 28.6. The average Bonchev–Trinajstić information content (AvgIpc) is 3.21. The summed E-state index contributed by atoms with van der Waals surface area (Å²) in [5.74, 6) is 0.194. The highest BCUT2D eigenvalue weighted by molar-refractivity contribution is 5.99. The Labute approximate surface area is 159 Å². The Kier molecular flexibility index (Phi) is 3.75. The number of carbonyl (C=O) groups is 1. The minimum Gasteiger partial charge on any atom is -0.373 e. The van der Waals surface area contributed by atoms with Crippen molar-refractivity contribution >= 4 is 5.78 Å². The first-order valence-electron chi connectivity index (χ1n) is 9.69. The molecule has 6 rings (SSSR count). The molecule has 5 heteroatoms. The highest BCUT2D eigenvalue weighted by Gasteiger charge is 2.54. The molecule has 4 fully saturated rings. The monoisotopic (exact) mass is 361 g/mol. The number of rotatable bonds is 4. The molecule has 4 aliphatic heterocycles. The van der Waals surface area contributed by atoms with E-state index in [0.29, 0.717) is 36.4 Å². The average molecular weight is 361 g/mol. The number of nitrogens with zero attached hydrogens (tertiary/aromatic N) is 3. The molecule has 0 saturated carbocycles. The van der Waals surface area contributed by atoms with Gasteiger partial charge in [-0.05, 0) is 63.4 Å². The molecule has 2 aromatic rings. The number of Topliss-reactive ketones (excluding diaryl/α,β-unsaturated/α-hetero) is 1. The molecule has 0 spiro atoms. The van der Waals surface area contributed by atoms with Crippen molar-refractivity contribution in [3.8, 4) is 11.8 Å². The SMILES string of the molecule is Cc1cc(C(=O)CN2[C@H]3CC4C[C@H]2C(C3)O4)c(C)n1-c1ccc(C#N)cc1. The van der Waals surface area contributed by atoms with Crippen molar-refractivity contribution in [2.45, 2.75) is 57.4 Å². The van der Waals surface area contributed by atoms with Gasteiger partial charge in [0.1, 0.15) is 0 Å². The predicted octanol–water partition coefficient (Wildman–Crippen LogP) is 3.15. The van der Waals surface area contributed by atoms with E-state index in [1.807, 2.05) is 44.2 Å². The molecule has 4 bridgehead atoms. The number of aromatic nitrogens is 1. The molecular formula is C22H23N3O2. The molecule has 2 unspecified atom stereocenters. The molecule has 27 heavy (non-hydrogen) atoms. The molecule has 0 N–H and O–H groups in total. The second kappa shape index (κ2) is 6.05. The van der Waals surface area contributed by atoms with Crippen molar-refractivity contribution in [3.05, 3.63) is 52.8 Å². The van der Waals surface area contributed by atoms with E-state index in [1.54, 1.807) is 0 Å². The molecule has 4 aliphatic rings. The molecule has 0 amide bonds. The summed E-state index contributed by atoms with van der Waals surface area (Å²) in [7, 11) is 0. The first kappa shape index (κ1) is 16.7. The molecule has 5 nitrogen and oxygen atoms in total. The third kappa shape index (κ3) is 2.55. The van der Waals surface area contributed by atoms with Crippen LogP contribution in [0.5, 0.6) is 0 Å². The molecule has 5 heterocycles. The van der Waals surface area contributed by atoms with Crippen LogP contribution in [0.15, 0.2) is 30.3 Å². The largest absolute Gasteiger partial charge is 0.373 e. The van der Waals surface area contributed by atoms with E-state index in [1.165, 1.54) is 0 Å². The zero-order valence-electron chi connectivity index (χ0n) is 15.7. The van der Waals surface area contributed by atoms with Crippen molar-refractivity contribution < 1.29 is 9.53 Å². The van der Waals surface area contributed by atoms with E-state index >= 15 is 0 Å². The highest BCUT2D eigenvalue weighted by Crippen LogP contribution is 2.45. The number of ketones is 1. The van der Waals surface area contributed by atoms with Gasteiger partial charge >= 0.3 is 0 Å². The second-order valence-corrected chi connectivity index (χ2v) is 8.10. The molecule has 138 valence electrons. The molecule has 0 aliphatic carbocycles. The Morgan fingerprint density at radius 3 is 2.70 bits per heavy atom. The van der Waals surface area contributed by atoms with E-state index in [4.69, 9.17) is 10.00 Å². The third-order valence-corrected chi connectivity index (χ3v) is 6.55. The summed E-state index contributed by atoms with van der Waals surface area (Å²) >= 11 is 0. The third-order valence-electron chi connectivity index (χ3n) is 6.55. The number of piperidine rings is 1. The fraction of sp³-hybridized carbons (Fsp3) is 0.455. The molecule has 1 aromatic carbocycles. The van der Waals surface area contributed by atoms with Crippen LogP contribution < -0.4 is 0 Å². The zero-order valence-corrected chi connectivity index (χ0v) is 15.7. The maximum Gasteiger partial charge on any atom is 0.178 e. The summed E-state index contributed by atoms with van der Waals surface area (Å²) in [5.41, 5.74) is 4.42. The fourth-order valence-electron chi connectivity index (χ4n) is 5.36. The standard InChI is InChI=1S/C22H23N3O2/c1-13-7-19(14(2)25(13)16-5-3-15(11-23)4-6-16)21(26)12-24-17-8-18-10-20(24)22(9-17)27-18/h3-7,17-18,20,22H,8-10,12H2,1-2H3/t17-,18?,20-,22?/m0/s1. The summed E-state index contributed by atoms with van der Waals surface area (Å²) in [5, 5.41) is 9.00. The van der Waals surface area contributed by atoms with Gasteiger partial charge < -0.3 is 9.30 Å². The minimum atomic E-state index is 0.194. The number of nitriles is 1. The van der Waals surface area contributed by atoms with Crippen LogP contribution in [0, 0.1) is 25.2 Å². The van der Waals surface area contributed by atoms with Crippen molar-refractivity contribution in [2.24, 2.45) is 0 Å². The van der Waals surface area contributed by atoms with Gasteiger partial charge in [-0.3, -0.25) is 9.69 Å². The van der Waals surface area contributed by atoms with Crippen LogP contribution in [-0.4, -0.2) is 46.1 Å². The van der Waals surface area contributed by atoms with Gasteiger partial charge in [0.25, 0.3) is 0 Å². The van der Waals surface area contributed by atoms with E-state index in [0.717, 1.165) is 41.9 Å². The Bertz CT molecular complexity index is 949. The highest BCUT2D eigenvalue weighted by atomic mass is 16.5. The van der Waals surface area contributed by atoms with Gasteiger partial charge in [-0.25, -0.2) is 0 Å². The number of hydrogen-bond acceptors (Lipinski definition) is 4. The predicted molar refractivity (Wildman–Crippen MR) is 101 cm³/mol. The Balaban J connectivity index is 1.41. The molecule has 4 atom stereocenters. The van der Waals surface area contributed by atoms with E-state index in [2.05, 4.69) is 15.5 Å². The van der Waals surface area contributed by atoms with Crippen LogP contribution in [0.2, 0.25) is 0 Å². The van der Waals surface area contributed by atoms with Crippen LogP contribution in [-0.2, 0) is 4.74 Å². The van der Waals surface area contributed by atoms with Gasteiger partial charge in [0.05, 0.1) is 30.4 Å². The minimum absolute atomic E-state index is 0.194. The van der Waals surface area contributed by atoms with Crippen LogP contribution >= 0.6 is 0 Å². The smallest absolute Gasteiger partial charge is 0.178 e. The van der Waals surface area contributed by atoms with Crippen molar-refractivity contribution in [3.63, 3.8) is 0 Å². The zero-order chi connectivity index (χ0) is 18.7. The van der Waals surface area contributed by atoms with Crippen LogP contribution in [0.25, 0.3) is 5.69 Å². The first-order valence-corrected chi connectivity index (χ1v) is 9.69. The summed E-state index contributed by atoms with van der Waals surface area (Å²) in [4.78, 5) is 15.5. The molecule has 0 radical (unpaired) electrons. The van der Waals surface area contributed by atoms with Crippen molar-refractivity contribution in [1.82, 2.24) is 9.47 Å². The van der Waals surface area contributed by atoms with E-state index < -0.39 is 0 Å². The summed E-state index contributed by atoms with van der Waals surface area (Å²) < 4.78 is 8.11. The maximum absolute atomic E-state index is 13.1. The summed E-state index contributed by atoms with van der Waals surface area (Å²) in [6, 6.07) is 12.6. The van der Waals surface area contributed by atoms with Crippen molar-refractivity contribution in [2.75, 3.05) is 6.54 Å². The van der Waals surface area contributed by atoms with Gasteiger partial charge in [-0.1, -0.05) is 0 Å². The van der Waals surface area contributed by atoms with Crippen LogP contribution in [0.4, 0.5) is 0 Å². The summed E-state index contributed by atoms with van der Waals surface area (Å²) in [6.45, 7) is 4.51. The Morgan fingerprint density at radius 1 is 1.22 bits per heavy atom. The van der Waals surface area contributed by atoms with E-state index in [9.17, 15) is 4.79 Å². The molecule has 4 saturated heterocycles. The quantitative estimate of drug-likeness (QED) is 0.785. The molecular weight excluding hydrogens is 338 g/mol. The van der Waals surface area contributed by atoms with Crippen LogP contribution in [0.1, 0.15) is 46.6 Å². The van der Waals surface area contributed by atoms with Crippen molar-refractivity contribution in [1.29, 1.82) is 5.26 Å². The van der Waals surface area contributed by atoms with Gasteiger partial charge in [0, 0.05) is 34.7 Å². The number of benzene rings is 1. The number of ether oxygens (including phenoxy) is 1. The Morgan fingerprint density at radius 2 is 2.00 bits per heavy atom. The van der Waals surface area contributed by atoms with Gasteiger partial charge in [0.15, 0.2) is 5.78 Å². The number of carbonyl (C=O) groups excluding carboxylic acids is 1. The lowest BCUT2D eigenvalue weighted by Gasteiger charge is -2.34. The molecule has 1 aromatic heterocycles. The Hall–Kier alpha value is -2.42. The lowest BCUT2D eigenvalue weighted by molar-refractivity contribution is 0.00343. The summed E-state index contributed by atoms with van der Waals surface area (Å²) in [6.07, 6.45) is 4.00. The van der Waals surface area contributed by atoms with Gasteiger partial charge in [-0.15, -0.1) is 0 Å². The van der Waals surface area contributed by atoms with Gasteiger partial charge in [-0.2, -0.15) is 5.26 Å². The van der Waals surface area contributed by atoms with E-state index in [-0.39, 0.29) is 5.78 Å². The second-order valence-electron chi connectivity index (χ2n) is 8.10. The lowest BCUT2D eigenvalue weighted by Crippen LogP contribution is -2.45. The maximum atomic E-state index is 13.1. The lowest BCUT2D eigenvalue weighted by atomic mass is 10.00. The first-order chi connectivity index (χ1) is 13.0. The van der Waals surface area contributed by atoms with Gasteiger partial charge in [0.2, 0.25) is 0 Å². The number of aryl methyl sites for hydroxylation is 1. The number of hydrogen-bond donors (Lipinski definition) is 0. The topological polar surface area (TPSA) is 58.3 Å². The fourth-order valence-corrected chi connectivity index (χ4v) is 5.36. The van der Waals surface area contributed by atoms with Crippen LogP contribution in [0.3, 0.4) is 0 Å².